The first-order valence-corrected chi connectivity index (χ1v) is 6.11. The molecule has 0 saturated heterocycles. The second kappa shape index (κ2) is 4.97. The van der Waals surface area contributed by atoms with Crippen molar-refractivity contribution >= 4 is 5.69 Å². The summed E-state index contributed by atoms with van der Waals surface area (Å²) in [5.41, 5.74) is 0.857. The quantitative estimate of drug-likeness (QED) is 0.864. The minimum atomic E-state index is -0.478. The number of anilines is 1. The van der Waals surface area contributed by atoms with E-state index in [1.165, 1.54) is 12.1 Å². The summed E-state index contributed by atoms with van der Waals surface area (Å²) in [7, 11) is 0. The van der Waals surface area contributed by atoms with E-state index < -0.39 is 5.82 Å². The maximum Gasteiger partial charge on any atom is 0.143 e. The zero-order valence-electron chi connectivity index (χ0n) is 11.8. The highest BCUT2D eigenvalue weighted by molar-refractivity contribution is 5.49. The largest absolute Gasteiger partial charge is 0.380 e. The summed E-state index contributed by atoms with van der Waals surface area (Å²) < 4.78 is 13.5. The lowest BCUT2D eigenvalue weighted by Gasteiger charge is -2.34. The van der Waals surface area contributed by atoms with Crippen molar-refractivity contribution in [1.29, 1.82) is 5.26 Å². The minimum Gasteiger partial charge on any atom is -0.380 e. The highest BCUT2D eigenvalue weighted by Gasteiger charge is 2.25. The van der Waals surface area contributed by atoms with Crippen LogP contribution in [0.5, 0.6) is 0 Å². The third kappa shape index (κ3) is 4.37. The number of hydrogen-bond acceptors (Lipinski definition) is 2. The molecule has 0 aliphatic heterocycles. The van der Waals surface area contributed by atoms with Crippen LogP contribution in [0.15, 0.2) is 18.2 Å². The van der Waals surface area contributed by atoms with E-state index in [2.05, 4.69) is 39.9 Å². The van der Waals surface area contributed by atoms with Gasteiger partial charge in [0.25, 0.3) is 0 Å². The van der Waals surface area contributed by atoms with Gasteiger partial charge in [0, 0.05) is 11.2 Å². The summed E-state index contributed by atoms with van der Waals surface area (Å²) in [4.78, 5) is 0. The molecule has 0 bridgehead atoms. The number of halogens is 1. The van der Waals surface area contributed by atoms with Gasteiger partial charge in [0.2, 0.25) is 0 Å². The van der Waals surface area contributed by atoms with Crippen molar-refractivity contribution in [1.82, 2.24) is 0 Å². The summed E-state index contributed by atoms with van der Waals surface area (Å²) in [6.45, 7) is 10.7. The molecule has 0 atom stereocenters. The second-order valence-electron chi connectivity index (χ2n) is 6.55. The number of nitriles is 1. The summed E-state index contributed by atoms with van der Waals surface area (Å²) in [5.74, 6) is -0.478. The second-order valence-corrected chi connectivity index (χ2v) is 6.55. The molecule has 0 aliphatic rings. The number of nitrogens with one attached hydrogen (secondary N) is 1. The molecule has 0 saturated carbocycles. The van der Waals surface area contributed by atoms with Gasteiger partial charge in [-0.05, 0) is 43.9 Å². The third-order valence-electron chi connectivity index (χ3n) is 2.54. The van der Waals surface area contributed by atoms with Crippen LogP contribution in [0.2, 0.25) is 0 Å². The normalized spacial score (nSPS) is 12.1. The van der Waals surface area contributed by atoms with Crippen molar-refractivity contribution in [2.45, 2.75) is 46.6 Å². The van der Waals surface area contributed by atoms with Gasteiger partial charge in [-0.3, -0.25) is 0 Å². The zero-order chi connectivity index (χ0) is 14.0. The molecule has 0 aromatic heterocycles. The molecule has 1 rings (SSSR count). The van der Waals surface area contributed by atoms with Gasteiger partial charge in [0.05, 0.1) is 5.56 Å². The number of rotatable bonds is 3. The first-order chi connectivity index (χ1) is 8.13. The molecule has 0 unspecified atom stereocenters. The van der Waals surface area contributed by atoms with Gasteiger partial charge in [-0.2, -0.15) is 5.26 Å². The van der Waals surface area contributed by atoms with Gasteiger partial charge >= 0.3 is 0 Å². The van der Waals surface area contributed by atoms with E-state index in [4.69, 9.17) is 5.26 Å². The van der Waals surface area contributed by atoms with Crippen molar-refractivity contribution in [2.24, 2.45) is 5.41 Å². The molecule has 1 aromatic rings. The molecule has 0 radical (unpaired) electrons. The van der Waals surface area contributed by atoms with E-state index in [9.17, 15) is 4.39 Å². The molecule has 0 fully saturated rings. The number of hydrogen-bond donors (Lipinski definition) is 1. The van der Waals surface area contributed by atoms with Crippen molar-refractivity contribution in [2.75, 3.05) is 5.32 Å². The van der Waals surface area contributed by atoms with Crippen LogP contribution < -0.4 is 5.32 Å². The Kier molecular flexibility index (Phi) is 4.01. The van der Waals surface area contributed by atoms with Crippen molar-refractivity contribution in [3.05, 3.63) is 29.6 Å². The average Bonchev–Trinajstić information content (AvgIpc) is 2.12. The van der Waals surface area contributed by atoms with E-state index in [0.717, 1.165) is 6.42 Å². The molecule has 3 heteroatoms. The lowest BCUT2D eigenvalue weighted by atomic mass is 9.81. The van der Waals surface area contributed by atoms with Gasteiger partial charge in [-0.15, -0.1) is 0 Å². The Hall–Kier alpha value is -1.56. The SMILES string of the molecule is CC(C)(C)CC(C)(C)Nc1ccc(C#N)c(F)c1. The molecule has 1 aromatic carbocycles. The smallest absolute Gasteiger partial charge is 0.143 e. The number of nitrogens with zero attached hydrogens (tertiary/aromatic N) is 1. The molecular weight excluding hydrogens is 227 g/mol. The Balaban J connectivity index is 2.85. The number of benzene rings is 1. The van der Waals surface area contributed by atoms with Gasteiger partial charge in [0.15, 0.2) is 0 Å². The fourth-order valence-corrected chi connectivity index (χ4v) is 2.44. The Labute approximate surface area is 109 Å². The van der Waals surface area contributed by atoms with Crippen LogP contribution in [-0.2, 0) is 0 Å². The van der Waals surface area contributed by atoms with Gasteiger partial charge in [0.1, 0.15) is 11.9 Å². The van der Waals surface area contributed by atoms with Crippen molar-refractivity contribution in [3.8, 4) is 6.07 Å². The van der Waals surface area contributed by atoms with Crippen LogP contribution in [0.1, 0.15) is 46.6 Å². The van der Waals surface area contributed by atoms with Crippen LogP contribution in [-0.4, -0.2) is 5.54 Å². The fraction of sp³-hybridized carbons (Fsp3) is 0.533. The molecule has 0 amide bonds. The molecule has 2 nitrogen and oxygen atoms in total. The standard InChI is InChI=1S/C15H21FN2/c1-14(2,3)10-15(4,5)18-12-7-6-11(9-17)13(16)8-12/h6-8,18H,10H2,1-5H3. The Morgan fingerprint density at radius 2 is 1.83 bits per heavy atom. The van der Waals surface area contributed by atoms with Crippen LogP contribution in [0.4, 0.5) is 10.1 Å². The van der Waals surface area contributed by atoms with Gasteiger partial charge < -0.3 is 5.32 Å². The maximum absolute atomic E-state index is 13.5. The predicted molar refractivity (Wildman–Crippen MR) is 72.9 cm³/mol. The molecule has 1 N–H and O–H groups in total. The molecule has 0 heterocycles. The Morgan fingerprint density at radius 3 is 2.28 bits per heavy atom. The predicted octanol–water partition coefficient (Wildman–Crippen LogP) is 4.32. The lowest BCUT2D eigenvalue weighted by Crippen LogP contribution is -2.35. The average molecular weight is 248 g/mol. The summed E-state index contributed by atoms with van der Waals surface area (Å²) in [6.07, 6.45) is 0.960. The van der Waals surface area contributed by atoms with E-state index in [1.54, 1.807) is 6.07 Å². The van der Waals surface area contributed by atoms with E-state index >= 15 is 0 Å². The zero-order valence-corrected chi connectivity index (χ0v) is 11.8. The van der Waals surface area contributed by atoms with Crippen LogP contribution in [0.3, 0.4) is 0 Å². The first-order valence-electron chi connectivity index (χ1n) is 6.11. The summed E-state index contributed by atoms with van der Waals surface area (Å²) in [6, 6.07) is 6.45. The molecule has 98 valence electrons. The van der Waals surface area contributed by atoms with Crippen LogP contribution in [0, 0.1) is 22.6 Å². The topological polar surface area (TPSA) is 35.8 Å². The highest BCUT2D eigenvalue weighted by Crippen LogP contribution is 2.30. The van der Waals surface area contributed by atoms with Crippen LogP contribution >= 0.6 is 0 Å². The Bertz CT molecular complexity index is 464. The van der Waals surface area contributed by atoms with E-state index in [-0.39, 0.29) is 16.5 Å². The third-order valence-corrected chi connectivity index (χ3v) is 2.54. The van der Waals surface area contributed by atoms with E-state index in [1.807, 2.05) is 6.07 Å². The summed E-state index contributed by atoms with van der Waals surface area (Å²) >= 11 is 0. The molecule has 0 aliphatic carbocycles. The van der Waals surface area contributed by atoms with Gasteiger partial charge in [-0.25, -0.2) is 4.39 Å². The lowest BCUT2D eigenvalue weighted by molar-refractivity contribution is 0.302. The Morgan fingerprint density at radius 1 is 1.22 bits per heavy atom. The molecule has 18 heavy (non-hydrogen) atoms. The van der Waals surface area contributed by atoms with Crippen molar-refractivity contribution < 1.29 is 4.39 Å². The van der Waals surface area contributed by atoms with Crippen molar-refractivity contribution in [3.63, 3.8) is 0 Å². The monoisotopic (exact) mass is 248 g/mol. The minimum absolute atomic E-state index is 0.0779. The summed E-state index contributed by atoms with van der Waals surface area (Å²) in [5, 5.41) is 12.0. The first kappa shape index (κ1) is 14.5. The highest BCUT2D eigenvalue weighted by atomic mass is 19.1. The van der Waals surface area contributed by atoms with Crippen LogP contribution in [0.25, 0.3) is 0 Å². The molecule has 0 spiro atoms. The molecular formula is C15H21FN2. The van der Waals surface area contributed by atoms with E-state index in [0.29, 0.717) is 5.69 Å². The maximum atomic E-state index is 13.5. The fourth-order valence-electron chi connectivity index (χ4n) is 2.44. The van der Waals surface area contributed by atoms with Gasteiger partial charge in [-0.1, -0.05) is 20.8 Å².